The second-order valence-corrected chi connectivity index (χ2v) is 17.8. The van der Waals surface area contributed by atoms with Gasteiger partial charge >= 0.3 is 11.9 Å². The molecule has 5 heteroatoms. The van der Waals surface area contributed by atoms with Crippen molar-refractivity contribution in [2.45, 2.75) is 271 Å². The van der Waals surface area contributed by atoms with Crippen LogP contribution in [0.5, 0.6) is 0 Å². The fourth-order valence-electron chi connectivity index (χ4n) is 7.56. The second kappa shape index (κ2) is 52.9. The Hall–Kier alpha value is -2.40. The number of allylic oxidation sites excluding steroid dienone is 10. The average Bonchev–Trinajstić information content (AvgIpc) is 3.27. The van der Waals surface area contributed by atoms with Gasteiger partial charge in [0.25, 0.3) is 0 Å². The Morgan fingerprint density at radius 1 is 0.371 bits per heavy atom. The summed E-state index contributed by atoms with van der Waals surface area (Å²) in [5.41, 5.74) is 0. The lowest BCUT2D eigenvalue weighted by atomic mass is 10.0. The van der Waals surface area contributed by atoms with Gasteiger partial charge in [-0.3, -0.25) is 9.59 Å². The van der Waals surface area contributed by atoms with Crippen molar-refractivity contribution in [3.05, 3.63) is 60.8 Å². The summed E-state index contributed by atoms with van der Waals surface area (Å²) in [5.74, 6) is -0.413. The Morgan fingerprint density at radius 3 is 1.23 bits per heavy atom. The van der Waals surface area contributed by atoms with Gasteiger partial charge < -0.3 is 14.2 Å². The number of esters is 2. The highest BCUT2D eigenvalue weighted by Crippen LogP contribution is 2.16. The van der Waals surface area contributed by atoms with Crippen LogP contribution in [0.4, 0.5) is 0 Å². The lowest BCUT2D eigenvalue weighted by Gasteiger charge is -2.18. The quantitative estimate of drug-likeness (QED) is 0.0346. The second-order valence-electron chi connectivity index (χ2n) is 17.8. The van der Waals surface area contributed by atoms with Crippen LogP contribution in [0.25, 0.3) is 0 Å². The zero-order valence-electron chi connectivity index (χ0n) is 41.4. The zero-order chi connectivity index (χ0) is 44.9. The topological polar surface area (TPSA) is 61.8 Å². The highest BCUT2D eigenvalue weighted by atomic mass is 16.6. The van der Waals surface area contributed by atoms with Gasteiger partial charge in [-0.25, -0.2) is 0 Å². The summed E-state index contributed by atoms with van der Waals surface area (Å²) in [7, 11) is 0. The van der Waals surface area contributed by atoms with Crippen molar-refractivity contribution in [3.8, 4) is 0 Å². The Kier molecular flexibility index (Phi) is 50.9. The molecule has 1 atom stereocenters. The van der Waals surface area contributed by atoms with Gasteiger partial charge in [0.1, 0.15) is 6.61 Å². The zero-order valence-corrected chi connectivity index (χ0v) is 41.4. The fraction of sp³-hybridized carbons (Fsp3) is 0.789. The first-order valence-corrected chi connectivity index (χ1v) is 26.8. The molecular weight excluding hydrogens is 765 g/mol. The van der Waals surface area contributed by atoms with E-state index < -0.39 is 6.10 Å². The van der Waals surface area contributed by atoms with Crippen LogP contribution < -0.4 is 0 Å². The van der Waals surface area contributed by atoms with Gasteiger partial charge in [-0.05, 0) is 77.0 Å². The monoisotopic (exact) mass is 867 g/mol. The molecule has 5 nitrogen and oxygen atoms in total. The Labute approximate surface area is 385 Å². The van der Waals surface area contributed by atoms with E-state index >= 15 is 0 Å². The molecule has 0 fully saturated rings. The van der Waals surface area contributed by atoms with Crippen molar-refractivity contribution in [3.63, 3.8) is 0 Å². The normalized spacial score (nSPS) is 12.6. The maximum absolute atomic E-state index is 12.8. The summed E-state index contributed by atoms with van der Waals surface area (Å²) < 4.78 is 17.4. The Morgan fingerprint density at radius 2 is 0.758 bits per heavy atom. The first kappa shape index (κ1) is 59.6. The summed E-state index contributed by atoms with van der Waals surface area (Å²) >= 11 is 0. The number of ether oxygens (including phenoxy) is 3. The molecule has 0 aromatic carbocycles. The van der Waals surface area contributed by atoms with Gasteiger partial charge in [-0.15, -0.1) is 0 Å². The molecule has 0 aliphatic carbocycles. The minimum absolute atomic E-state index is 0.0756. The largest absolute Gasteiger partial charge is 0.462 e. The highest BCUT2D eigenvalue weighted by Gasteiger charge is 2.17. The fourth-order valence-corrected chi connectivity index (χ4v) is 7.56. The van der Waals surface area contributed by atoms with Crippen LogP contribution >= 0.6 is 0 Å². The highest BCUT2D eigenvalue weighted by molar-refractivity contribution is 5.70. The molecule has 0 aromatic heterocycles. The van der Waals surface area contributed by atoms with Crippen LogP contribution in [0.3, 0.4) is 0 Å². The van der Waals surface area contributed by atoms with Gasteiger partial charge in [0.2, 0.25) is 0 Å². The predicted molar refractivity (Wildman–Crippen MR) is 270 cm³/mol. The minimum atomic E-state index is -0.549. The molecule has 0 radical (unpaired) electrons. The Balaban J connectivity index is 4.27. The molecule has 1 unspecified atom stereocenters. The van der Waals surface area contributed by atoms with E-state index in [0.717, 1.165) is 77.0 Å². The predicted octanol–water partition coefficient (Wildman–Crippen LogP) is 18.1. The molecule has 0 aromatic rings. The molecular formula is C57H102O5. The van der Waals surface area contributed by atoms with Crippen molar-refractivity contribution < 1.29 is 23.8 Å². The van der Waals surface area contributed by atoms with Gasteiger partial charge in [0.15, 0.2) is 6.10 Å². The molecule has 0 saturated carbocycles. The third-order valence-electron chi connectivity index (χ3n) is 11.5. The van der Waals surface area contributed by atoms with Crippen LogP contribution in [0.15, 0.2) is 60.8 Å². The van der Waals surface area contributed by atoms with E-state index in [9.17, 15) is 9.59 Å². The van der Waals surface area contributed by atoms with E-state index in [0.29, 0.717) is 19.4 Å². The number of hydrogen-bond acceptors (Lipinski definition) is 5. The summed E-state index contributed by atoms with van der Waals surface area (Å²) in [6, 6.07) is 0. The van der Waals surface area contributed by atoms with E-state index in [1.807, 2.05) is 0 Å². The van der Waals surface area contributed by atoms with E-state index in [1.54, 1.807) is 0 Å². The first-order chi connectivity index (χ1) is 30.6. The number of unbranched alkanes of at least 4 members (excludes halogenated alkanes) is 28. The molecule has 0 bridgehead atoms. The number of carbonyl (C=O) groups is 2. The molecule has 0 spiro atoms. The lowest BCUT2D eigenvalue weighted by Crippen LogP contribution is -2.30. The van der Waals surface area contributed by atoms with E-state index in [4.69, 9.17) is 14.2 Å². The van der Waals surface area contributed by atoms with Gasteiger partial charge in [-0.1, -0.05) is 236 Å². The van der Waals surface area contributed by atoms with Crippen LogP contribution in [0.1, 0.15) is 265 Å². The maximum atomic E-state index is 12.8. The third kappa shape index (κ3) is 50.2. The van der Waals surface area contributed by atoms with Crippen molar-refractivity contribution in [2.75, 3.05) is 19.8 Å². The molecule has 0 aliphatic rings. The standard InChI is InChI=1S/C57H102O5/c1-4-7-10-13-16-19-22-25-28-29-31-32-35-38-41-44-47-50-56(58)61-54-55(53-60-52-49-46-43-40-37-34-27-24-21-18-15-12-9-6-3)62-57(59)51-48-45-42-39-36-33-30-26-23-20-17-14-11-8-5-2/h8,11-12,15,17,20-21,24,26,30,55H,4-7,9-10,13-14,16,18-19,22-23,25,27-29,31-54H2,1-3H3/b11-8-,15-12-,20-17-,24-21-,30-26-. The van der Waals surface area contributed by atoms with Gasteiger partial charge in [-0.2, -0.15) is 0 Å². The average molecular weight is 867 g/mol. The molecule has 0 N–H and O–H groups in total. The third-order valence-corrected chi connectivity index (χ3v) is 11.5. The summed E-state index contributed by atoms with van der Waals surface area (Å²) in [4.78, 5) is 25.4. The molecule has 0 saturated heterocycles. The van der Waals surface area contributed by atoms with Gasteiger partial charge in [0, 0.05) is 19.4 Å². The number of hydrogen-bond donors (Lipinski definition) is 0. The molecule has 0 aliphatic heterocycles. The SMILES string of the molecule is CC/C=C\C/C=C\C/C=C\CCCCCCCC(=O)OC(COCCCCCCCC/C=C\C/C=C\CCC)COC(=O)CCCCCCCCCCCCCCCCCCC. The first-order valence-electron chi connectivity index (χ1n) is 26.8. The molecule has 62 heavy (non-hydrogen) atoms. The van der Waals surface area contributed by atoms with Crippen molar-refractivity contribution in [2.24, 2.45) is 0 Å². The summed E-state index contributed by atoms with van der Waals surface area (Å²) in [5, 5.41) is 0. The van der Waals surface area contributed by atoms with Crippen LogP contribution in [0.2, 0.25) is 0 Å². The van der Waals surface area contributed by atoms with E-state index in [2.05, 4.69) is 81.5 Å². The van der Waals surface area contributed by atoms with Crippen molar-refractivity contribution >= 4 is 11.9 Å². The van der Waals surface area contributed by atoms with Crippen LogP contribution in [-0.4, -0.2) is 37.9 Å². The smallest absolute Gasteiger partial charge is 0.306 e. The van der Waals surface area contributed by atoms with Gasteiger partial charge in [0.05, 0.1) is 6.61 Å². The van der Waals surface area contributed by atoms with E-state index in [-0.39, 0.29) is 25.2 Å². The molecule has 0 rings (SSSR count). The number of rotatable bonds is 49. The minimum Gasteiger partial charge on any atom is -0.462 e. The lowest BCUT2D eigenvalue weighted by molar-refractivity contribution is -0.163. The molecule has 0 amide bonds. The summed E-state index contributed by atoms with van der Waals surface area (Å²) in [6.45, 7) is 7.65. The van der Waals surface area contributed by atoms with Crippen LogP contribution in [-0.2, 0) is 23.8 Å². The molecule has 0 heterocycles. The van der Waals surface area contributed by atoms with Crippen molar-refractivity contribution in [1.82, 2.24) is 0 Å². The maximum Gasteiger partial charge on any atom is 0.306 e. The van der Waals surface area contributed by atoms with Crippen LogP contribution in [0, 0.1) is 0 Å². The molecule has 360 valence electrons. The Bertz CT molecular complexity index is 1070. The summed E-state index contributed by atoms with van der Waals surface area (Å²) in [6.07, 6.45) is 66.6. The number of carbonyl (C=O) groups excluding carboxylic acids is 2. The van der Waals surface area contributed by atoms with E-state index in [1.165, 1.54) is 154 Å². The van der Waals surface area contributed by atoms with Crippen molar-refractivity contribution in [1.29, 1.82) is 0 Å².